The molecule has 0 radical (unpaired) electrons. The molecule has 0 aliphatic rings. The van der Waals surface area contributed by atoms with E-state index in [1.165, 1.54) is 321 Å². The van der Waals surface area contributed by atoms with Crippen LogP contribution in [0.3, 0.4) is 0 Å². The number of rotatable bonds is 62. The van der Waals surface area contributed by atoms with Crippen molar-refractivity contribution in [1.82, 2.24) is 0 Å². The van der Waals surface area contributed by atoms with Crippen molar-refractivity contribution in [2.24, 2.45) is 0 Å². The van der Waals surface area contributed by atoms with Crippen LogP contribution in [0, 0.1) is 0 Å². The fraction of sp³-hybridized carbons (Fsp3) is 0.939. The lowest BCUT2D eigenvalue weighted by Crippen LogP contribution is -2.28. The van der Waals surface area contributed by atoms with Gasteiger partial charge in [0.25, 0.3) is 0 Å². The summed E-state index contributed by atoms with van der Waals surface area (Å²) in [6.45, 7) is 4.21. The second-order valence-electron chi connectivity index (χ2n) is 22.6. The van der Waals surface area contributed by atoms with Crippen LogP contribution < -0.4 is 0 Å². The van der Waals surface area contributed by atoms with Crippen molar-refractivity contribution in [2.75, 3.05) is 13.2 Å². The van der Waals surface area contributed by atoms with E-state index in [1.54, 1.807) is 0 Å². The number of hydrogen-bond acceptors (Lipinski definition) is 5. The summed E-state index contributed by atoms with van der Waals surface area (Å²) in [4.78, 5) is 24.6. The molecule has 0 rings (SSSR count). The van der Waals surface area contributed by atoms with Gasteiger partial charge in [0.15, 0.2) is 6.10 Å². The van der Waals surface area contributed by atoms with Crippen LogP contribution >= 0.6 is 0 Å². The van der Waals surface area contributed by atoms with Crippen LogP contribution in [0.2, 0.25) is 0 Å². The number of allylic oxidation sites excluding steroid dienone is 2. The van der Waals surface area contributed by atoms with Gasteiger partial charge in [-0.15, -0.1) is 0 Å². The molecule has 0 amide bonds. The minimum absolute atomic E-state index is 0.0566. The zero-order chi connectivity index (χ0) is 51.3. The Bertz CT molecular complexity index is 1040. The maximum absolute atomic E-state index is 12.3. The molecule has 5 nitrogen and oxygen atoms in total. The third-order valence-electron chi connectivity index (χ3n) is 15.3. The number of hydrogen-bond donors (Lipinski definition) is 1. The van der Waals surface area contributed by atoms with Crippen molar-refractivity contribution < 1.29 is 24.2 Å². The number of ether oxygens (including phenoxy) is 2. The first-order valence-electron chi connectivity index (χ1n) is 32.7. The molecule has 5 heteroatoms. The quantitative estimate of drug-likeness (QED) is 0.0373. The van der Waals surface area contributed by atoms with Gasteiger partial charge in [-0.25, -0.2) is 0 Å². The lowest BCUT2D eigenvalue weighted by atomic mass is 10.0. The lowest BCUT2D eigenvalue weighted by molar-refractivity contribution is -0.161. The first kappa shape index (κ1) is 69.6. The van der Waals surface area contributed by atoms with Gasteiger partial charge in [0.05, 0.1) is 6.61 Å². The van der Waals surface area contributed by atoms with Crippen LogP contribution in [0.15, 0.2) is 12.2 Å². The van der Waals surface area contributed by atoms with Gasteiger partial charge in [-0.05, 0) is 38.5 Å². The van der Waals surface area contributed by atoms with Crippen LogP contribution in [0.5, 0.6) is 0 Å². The van der Waals surface area contributed by atoms with Crippen molar-refractivity contribution in [3.63, 3.8) is 0 Å². The molecule has 0 bridgehead atoms. The molecular weight excluding hydrogens is 873 g/mol. The number of aliphatic hydroxyl groups is 1. The minimum atomic E-state index is -0.766. The molecular formula is C66H128O5. The summed E-state index contributed by atoms with van der Waals surface area (Å²) < 4.78 is 10.8. The van der Waals surface area contributed by atoms with Gasteiger partial charge < -0.3 is 14.6 Å². The maximum atomic E-state index is 12.3. The summed E-state index contributed by atoms with van der Waals surface area (Å²) in [5.74, 6) is -0.562. The summed E-state index contributed by atoms with van der Waals surface area (Å²) in [5, 5.41) is 9.68. The Morgan fingerprint density at radius 2 is 0.521 bits per heavy atom. The van der Waals surface area contributed by atoms with Gasteiger partial charge in [0.2, 0.25) is 0 Å². The molecule has 1 N–H and O–H groups in total. The van der Waals surface area contributed by atoms with E-state index < -0.39 is 6.10 Å². The van der Waals surface area contributed by atoms with Crippen molar-refractivity contribution in [1.29, 1.82) is 0 Å². The molecule has 0 saturated carbocycles. The molecule has 0 aromatic heterocycles. The molecule has 1 unspecified atom stereocenters. The van der Waals surface area contributed by atoms with Gasteiger partial charge in [0, 0.05) is 12.8 Å². The fourth-order valence-electron chi connectivity index (χ4n) is 10.4. The third kappa shape index (κ3) is 61.1. The van der Waals surface area contributed by atoms with E-state index in [0.717, 1.165) is 32.1 Å². The van der Waals surface area contributed by atoms with Gasteiger partial charge >= 0.3 is 11.9 Å². The summed E-state index contributed by atoms with van der Waals surface area (Å²) in [5.41, 5.74) is 0. The number of carbonyl (C=O) groups excluding carboxylic acids is 2. The fourth-order valence-corrected chi connectivity index (χ4v) is 10.4. The number of aliphatic hydroxyl groups excluding tert-OH is 1. The lowest BCUT2D eigenvalue weighted by Gasteiger charge is -2.15. The number of carbonyl (C=O) groups is 2. The third-order valence-corrected chi connectivity index (χ3v) is 15.3. The van der Waals surface area contributed by atoms with E-state index in [0.29, 0.717) is 12.8 Å². The summed E-state index contributed by atoms with van der Waals surface area (Å²) in [6, 6.07) is 0. The highest BCUT2D eigenvalue weighted by molar-refractivity contribution is 5.70. The monoisotopic (exact) mass is 1000 g/mol. The average molecular weight is 1000 g/mol. The Hall–Kier alpha value is -1.36. The van der Waals surface area contributed by atoms with Crippen molar-refractivity contribution in [2.45, 2.75) is 386 Å². The van der Waals surface area contributed by atoms with E-state index in [4.69, 9.17) is 9.47 Å². The molecule has 0 spiro atoms. The zero-order valence-electron chi connectivity index (χ0n) is 48.5. The van der Waals surface area contributed by atoms with Crippen molar-refractivity contribution in [3.05, 3.63) is 12.2 Å². The normalized spacial score (nSPS) is 12.1. The van der Waals surface area contributed by atoms with E-state index >= 15 is 0 Å². The van der Waals surface area contributed by atoms with Crippen LogP contribution in [-0.4, -0.2) is 36.4 Å². The van der Waals surface area contributed by atoms with Crippen molar-refractivity contribution in [3.8, 4) is 0 Å². The largest absolute Gasteiger partial charge is 0.462 e. The van der Waals surface area contributed by atoms with Crippen LogP contribution in [0.25, 0.3) is 0 Å². The first-order chi connectivity index (χ1) is 35.1. The minimum Gasteiger partial charge on any atom is -0.462 e. The SMILES string of the molecule is CCCCCCCCCC/C=C\CCCCCCCCCCCCCCCCCCCCCCCC(=O)OC(CO)COC(=O)CCCCCCCCCCCCCCCCCCCCCCCCCC. The van der Waals surface area contributed by atoms with Crippen molar-refractivity contribution >= 4 is 11.9 Å². The predicted octanol–water partition coefficient (Wildman–Crippen LogP) is 22.3. The zero-order valence-corrected chi connectivity index (χ0v) is 48.5. The molecule has 0 aromatic rings. The highest BCUT2D eigenvalue weighted by Crippen LogP contribution is 2.19. The standard InChI is InChI=1S/C66H128O5/c1-3-5-7-9-11-13-15-17-19-21-23-25-27-29-30-31-32-33-34-35-36-37-39-41-43-45-47-49-51-53-55-57-59-61-66(69)71-64(62-67)63-70-65(68)60-58-56-54-52-50-48-46-44-42-40-38-28-26-24-22-20-18-16-14-12-10-8-6-4-2/h21,23,64,67H,3-20,22,24-63H2,1-2H3/b23-21-. The van der Waals surface area contributed by atoms with Crippen LogP contribution in [-0.2, 0) is 19.1 Å². The van der Waals surface area contributed by atoms with Gasteiger partial charge in [-0.1, -0.05) is 341 Å². The molecule has 0 saturated heterocycles. The molecule has 422 valence electrons. The Labute approximate surface area is 445 Å². The smallest absolute Gasteiger partial charge is 0.306 e. The Morgan fingerprint density at radius 1 is 0.310 bits per heavy atom. The first-order valence-corrected chi connectivity index (χ1v) is 32.7. The Morgan fingerprint density at radius 3 is 0.761 bits per heavy atom. The van der Waals surface area contributed by atoms with E-state index in [-0.39, 0.29) is 25.2 Å². The Kier molecular flexibility index (Phi) is 61.7. The topological polar surface area (TPSA) is 72.8 Å². The van der Waals surface area contributed by atoms with E-state index in [2.05, 4.69) is 26.0 Å². The molecule has 0 heterocycles. The highest BCUT2D eigenvalue weighted by atomic mass is 16.6. The highest BCUT2D eigenvalue weighted by Gasteiger charge is 2.16. The molecule has 1 atom stereocenters. The van der Waals surface area contributed by atoms with E-state index in [9.17, 15) is 14.7 Å². The van der Waals surface area contributed by atoms with Crippen LogP contribution in [0.1, 0.15) is 380 Å². The Balaban J connectivity index is 3.37. The number of esters is 2. The molecule has 0 aliphatic heterocycles. The summed E-state index contributed by atoms with van der Waals surface area (Å²) in [7, 11) is 0. The second kappa shape index (κ2) is 62.9. The van der Waals surface area contributed by atoms with E-state index in [1.807, 2.05) is 0 Å². The molecule has 71 heavy (non-hydrogen) atoms. The molecule has 0 aromatic carbocycles. The number of unbranched alkanes of at least 4 members (excludes halogenated alkanes) is 52. The summed E-state index contributed by atoms with van der Waals surface area (Å²) in [6.07, 6.45) is 79.5. The predicted molar refractivity (Wildman–Crippen MR) is 312 cm³/mol. The van der Waals surface area contributed by atoms with Gasteiger partial charge in [-0.3, -0.25) is 9.59 Å². The second-order valence-corrected chi connectivity index (χ2v) is 22.6. The summed E-state index contributed by atoms with van der Waals surface area (Å²) >= 11 is 0. The molecule has 0 aliphatic carbocycles. The van der Waals surface area contributed by atoms with Crippen LogP contribution in [0.4, 0.5) is 0 Å². The van der Waals surface area contributed by atoms with Gasteiger partial charge in [0.1, 0.15) is 6.61 Å². The van der Waals surface area contributed by atoms with Gasteiger partial charge in [-0.2, -0.15) is 0 Å². The molecule has 0 fully saturated rings. The maximum Gasteiger partial charge on any atom is 0.306 e. The average Bonchev–Trinajstić information content (AvgIpc) is 3.37.